The van der Waals surface area contributed by atoms with Gasteiger partial charge in [0.15, 0.2) is 0 Å². The molecule has 0 saturated heterocycles. The fraction of sp³-hybridized carbons (Fsp3) is 0.400. The van der Waals surface area contributed by atoms with Gasteiger partial charge in [-0.05, 0) is 12.1 Å². The zero-order valence-corrected chi connectivity index (χ0v) is 8.28. The van der Waals surface area contributed by atoms with Gasteiger partial charge in [0.25, 0.3) is 0 Å². The lowest BCUT2D eigenvalue weighted by molar-refractivity contribution is 0.177. The molecule has 0 aromatic heterocycles. The summed E-state index contributed by atoms with van der Waals surface area (Å²) in [5.41, 5.74) is 1.12. The average molecular weight is 198 g/mol. The van der Waals surface area contributed by atoms with Gasteiger partial charge in [-0.3, -0.25) is 0 Å². The van der Waals surface area contributed by atoms with E-state index in [4.69, 9.17) is 9.47 Å². The van der Waals surface area contributed by atoms with Gasteiger partial charge in [0.05, 0.1) is 13.2 Å². The van der Waals surface area contributed by atoms with Crippen molar-refractivity contribution in [3.63, 3.8) is 0 Å². The number of phenolic OH excluding ortho intramolecular Hbond substituents is 2. The predicted molar refractivity (Wildman–Crippen MR) is 51.2 cm³/mol. The van der Waals surface area contributed by atoms with Crippen molar-refractivity contribution in [2.75, 3.05) is 14.2 Å². The van der Waals surface area contributed by atoms with E-state index < -0.39 is 0 Å². The van der Waals surface area contributed by atoms with E-state index in [1.54, 1.807) is 0 Å². The minimum atomic E-state index is 0.108. The zero-order chi connectivity index (χ0) is 10.6. The highest BCUT2D eigenvalue weighted by molar-refractivity contribution is 5.44. The third-order valence-electron chi connectivity index (χ3n) is 1.88. The predicted octanol–water partition coefficient (Wildman–Crippen LogP) is 1.39. The molecule has 0 spiro atoms. The summed E-state index contributed by atoms with van der Waals surface area (Å²) < 4.78 is 9.72. The topological polar surface area (TPSA) is 58.9 Å². The molecule has 0 aliphatic rings. The molecular weight excluding hydrogens is 184 g/mol. The SMILES string of the molecule is COCc1cc(O)c(COC)cc1O. The maximum atomic E-state index is 9.53. The van der Waals surface area contributed by atoms with Crippen molar-refractivity contribution in [3.05, 3.63) is 23.3 Å². The number of rotatable bonds is 4. The highest BCUT2D eigenvalue weighted by atomic mass is 16.5. The van der Waals surface area contributed by atoms with Crippen molar-refractivity contribution in [2.45, 2.75) is 13.2 Å². The summed E-state index contributed by atoms with van der Waals surface area (Å²) in [4.78, 5) is 0. The molecule has 0 atom stereocenters. The Bertz CT molecular complexity index is 277. The van der Waals surface area contributed by atoms with Crippen LogP contribution in [0.3, 0.4) is 0 Å². The minimum absolute atomic E-state index is 0.108. The van der Waals surface area contributed by atoms with Crippen LogP contribution in [0, 0.1) is 0 Å². The van der Waals surface area contributed by atoms with Crippen LogP contribution in [0.25, 0.3) is 0 Å². The van der Waals surface area contributed by atoms with Gasteiger partial charge in [0, 0.05) is 25.3 Å². The first kappa shape index (κ1) is 10.8. The number of methoxy groups -OCH3 is 2. The summed E-state index contributed by atoms with van der Waals surface area (Å²) in [5.74, 6) is 0.216. The molecule has 4 heteroatoms. The van der Waals surface area contributed by atoms with E-state index in [1.165, 1.54) is 26.4 Å². The summed E-state index contributed by atoms with van der Waals surface area (Å²) in [6, 6.07) is 2.96. The molecule has 0 amide bonds. The fourth-order valence-corrected chi connectivity index (χ4v) is 1.21. The molecule has 0 saturated carbocycles. The molecule has 0 unspecified atom stereocenters. The van der Waals surface area contributed by atoms with E-state index in [2.05, 4.69) is 0 Å². The standard InChI is InChI=1S/C10H14O4/c1-13-5-7-3-10(12)8(6-14-2)4-9(7)11/h3-4,11-12H,5-6H2,1-2H3. The van der Waals surface area contributed by atoms with Gasteiger partial charge in [-0.1, -0.05) is 0 Å². The molecule has 0 aliphatic heterocycles. The van der Waals surface area contributed by atoms with Crippen LogP contribution in [0.5, 0.6) is 11.5 Å². The van der Waals surface area contributed by atoms with Crippen molar-refractivity contribution >= 4 is 0 Å². The summed E-state index contributed by atoms with van der Waals surface area (Å²) >= 11 is 0. The molecule has 78 valence electrons. The van der Waals surface area contributed by atoms with Gasteiger partial charge in [-0.15, -0.1) is 0 Å². The second-order valence-corrected chi connectivity index (χ2v) is 2.98. The van der Waals surface area contributed by atoms with Crippen LogP contribution in [0.4, 0.5) is 0 Å². The van der Waals surface area contributed by atoms with Crippen LogP contribution in [-0.2, 0) is 22.7 Å². The van der Waals surface area contributed by atoms with Crippen LogP contribution in [0.1, 0.15) is 11.1 Å². The van der Waals surface area contributed by atoms with Gasteiger partial charge < -0.3 is 19.7 Å². The molecular formula is C10H14O4. The molecule has 2 N–H and O–H groups in total. The summed E-state index contributed by atoms with van der Waals surface area (Å²) in [7, 11) is 3.05. The van der Waals surface area contributed by atoms with Crippen molar-refractivity contribution < 1.29 is 19.7 Å². The number of hydrogen-bond donors (Lipinski definition) is 2. The molecule has 0 aliphatic carbocycles. The van der Waals surface area contributed by atoms with E-state index in [9.17, 15) is 10.2 Å². The molecule has 14 heavy (non-hydrogen) atoms. The Labute approximate surface area is 82.7 Å². The third kappa shape index (κ3) is 2.37. The smallest absolute Gasteiger partial charge is 0.121 e. The van der Waals surface area contributed by atoms with Gasteiger partial charge >= 0.3 is 0 Å². The number of benzene rings is 1. The second kappa shape index (κ2) is 4.83. The highest BCUT2D eigenvalue weighted by Crippen LogP contribution is 2.28. The van der Waals surface area contributed by atoms with Crippen LogP contribution >= 0.6 is 0 Å². The first-order valence-corrected chi connectivity index (χ1v) is 4.20. The van der Waals surface area contributed by atoms with Gasteiger partial charge in [0.2, 0.25) is 0 Å². The van der Waals surface area contributed by atoms with Crippen molar-refractivity contribution in [2.24, 2.45) is 0 Å². The van der Waals surface area contributed by atoms with Gasteiger partial charge in [0.1, 0.15) is 11.5 Å². The van der Waals surface area contributed by atoms with E-state index in [1.807, 2.05) is 0 Å². The molecule has 0 radical (unpaired) electrons. The van der Waals surface area contributed by atoms with Crippen molar-refractivity contribution in [1.29, 1.82) is 0 Å². The molecule has 0 heterocycles. The zero-order valence-electron chi connectivity index (χ0n) is 8.28. The number of hydrogen-bond acceptors (Lipinski definition) is 4. The van der Waals surface area contributed by atoms with Crippen LogP contribution in [0.2, 0.25) is 0 Å². The minimum Gasteiger partial charge on any atom is -0.508 e. The largest absolute Gasteiger partial charge is 0.508 e. The summed E-state index contributed by atoms with van der Waals surface area (Å²) in [6.45, 7) is 0.541. The fourth-order valence-electron chi connectivity index (χ4n) is 1.21. The first-order valence-electron chi connectivity index (χ1n) is 4.20. The van der Waals surface area contributed by atoms with Gasteiger partial charge in [-0.25, -0.2) is 0 Å². The molecule has 1 aromatic carbocycles. The molecule has 0 bridgehead atoms. The average Bonchev–Trinajstić information content (AvgIpc) is 2.14. The second-order valence-electron chi connectivity index (χ2n) is 2.98. The lowest BCUT2D eigenvalue weighted by Gasteiger charge is -2.08. The summed E-state index contributed by atoms with van der Waals surface area (Å²) in [6.07, 6.45) is 0. The monoisotopic (exact) mass is 198 g/mol. The quantitative estimate of drug-likeness (QED) is 0.718. The Morgan fingerprint density at radius 2 is 1.29 bits per heavy atom. The Kier molecular flexibility index (Phi) is 3.73. The normalized spacial score (nSPS) is 10.4. The number of ether oxygens (including phenoxy) is 2. The van der Waals surface area contributed by atoms with Crippen LogP contribution in [0.15, 0.2) is 12.1 Å². The van der Waals surface area contributed by atoms with Crippen molar-refractivity contribution in [1.82, 2.24) is 0 Å². The Hall–Kier alpha value is -1.26. The van der Waals surface area contributed by atoms with Crippen molar-refractivity contribution in [3.8, 4) is 11.5 Å². The van der Waals surface area contributed by atoms with Crippen LogP contribution < -0.4 is 0 Å². The van der Waals surface area contributed by atoms with Gasteiger partial charge in [-0.2, -0.15) is 0 Å². The Morgan fingerprint density at radius 1 is 0.929 bits per heavy atom. The molecule has 4 nitrogen and oxygen atoms in total. The highest BCUT2D eigenvalue weighted by Gasteiger charge is 2.07. The Morgan fingerprint density at radius 3 is 1.57 bits per heavy atom. The lowest BCUT2D eigenvalue weighted by Crippen LogP contribution is -1.93. The van der Waals surface area contributed by atoms with E-state index in [0.717, 1.165) is 0 Å². The molecule has 1 aromatic rings. The maximum Gasteiger partial charge on any atom is 0.121 e. The third-order valence-corrected chi connectivity index (χ3v) is 1.88. The molecule has 0 fully saturated rings. The number of phenols is 2. The summed E-state index contributed by atoms with van der Waals surface area (Å²) in [5, 5.41) is 19.1. The van der Waals surface area contributed by atoms with E-state index in [0.29, 0.717) is 11.1 Å². The van der Waals surface area contributed by atoms with E-state index in [-0.39, 0.29) is 24.7 Å². The Balaban J connectivity index is 2.97. The molecule has 1 rings (SSSR count). The van der Waals surface area contributed by atoms with Crippen LogP contribution in [-0.4, -0.2) is 24.4 Å². The lowest BCUT2D eigenvalue weighted by atomic mass is 10.1. The van der Waals surface area contributed by atoms with E-state index >= 15 is 0 Å². The maximum absolute atomic E-state index is 9.53. The number of aromatic hydroxyl groups is 2. The first-order chi connectivity index (χ1) is 6.69.